The number of hydrogen-bond acceptors (Lipinski definition) is 3. The average molecular weight is 292 g/mol. The van der Waals surface area contributed by atoms with E-state index in [0.29, 0.717) is 0 Å². The Balaban J connectivity index is 0.00000144. The van der Waals surface area contributed by atoms with E-state index in [4.69, 9.17) is 5.73 Å². The Morgan fingerprint density at radius 3 is 2.00 bits per heavy atom. The van der Waals surface area contributed by atoms with Crippen LogP contribution in [0.2, 0.25) is 0 Å². The Hall–Kier alpha value is -0.320. The number of piperazine rings is 1. The van der Waals surface area contributed by atoms with Crippen LogP contribution in [0.1, 0.15) is 5.56 Å². The molecule has 0 spiro atoms. The summed E-state index contributed by atoms with van der Waals surface area (Å²) in [6, 6.07) is 10.7. The molecule has 18 heavy (non-hydrogen) atoms. The van der Waals surface area contributed by atoms with Crippen molar-refractivity contribution < 1.29 is 0 Å². The summed E-state index contributed by atoms with van der Waals surface area (Å²) in [6.07, 6.45) is 0. The Bertz CT molecular complexity index is 300. The van der Waals surface area contributed by atoms with Gasteiger partial charge in [0.25, 0.3) is 0 Å². The molecule has 104 valence electrons. The predicted octanol–water partition coefficient (Wildman–Crippen LogP) is 1.61. The Morgan fingerprint density at radius 2 is 1.44 bits per heavy atom. The van der Waals surface area contributed by atoms with Gasteiger partial charge in [0, 0.05) is 45.8 Å². The summed E-state index contributed by atoms with van der Waals surface area (Å²) >= 11 is 0. The molecule has 1 heterocycles. The zero-order valence-corrected chi connectivity index (χ0v) is 12.3. The van der Waals surface area contributed by atoms with Gasteiger partial charge in [-0.15, -0.1) is 24.8 Å². The summed E-state index contributed by atoms with van der Waals surface area (Å²) in [4.78, 5) is 4.96. The topological polar surface area (TPSA) is 32.5 Å². The molecule has 2 rings (SSSR count). The number of hydrogen-bond donors (Lipinski definition) is 1. The van der Waals surface area contributed by atoms with Crippen LogP contribution in [-0.4, -0.2) is 49.1 Å². The van der Waals surface area contributed by atoms with Crippen molar-refractivity contribution in [3.8, 4) is 0 Å². The summed E-state index contributed by atoms with van der Waals surface area (Å²) in [6.45, 7) is 7.53. The zero-order chi connectivity index (χ0) is 11.2. The highest BCUT2D eigenvalue weighted by Crippen LogP contribution is 2.07. The van der Waals surface area contributed by atoms with Gasteiger partial charge in [-0.05, 0) is 5.56 Å². The van der Waals surface area contributed by atoms with Gasteiger partial charge in [-0.3, -0.25) is 9.80 Å². The average Bonchev–Trinajstić information content (AvgIpc) is 2.33. The molecule has 1 aromatic rings. The number of nitrogens with zero attached hydrogens (tertiary/aromatic N) is 2. The van der Waals surface area contributed by atoms with Crippen molar-refractivity contribution >= 4 is 24.8 Å². The molecule has 0 aromatic heterocycles. The van der Waals surface area contributed by atoms with E-state index in [2.05, 4.69) is 40.1 Å². The molecule has 0 aliphatic carbocycles. The maximum Gasteiger partial charge on any atom is 0.0234 e. The molecule has 0 unspecified atom stereocenters. The third-order valence-electron chi connectivity index (χ3n) is 3.16. The molecule has 3 nitrogen and oxygen atoms in total. The van der Waals surface area contributed by atoms with Gasteiger partial charge in [-0.25, -0.2) is 0 Å². The highest BCUT2D eigenvalue weighted by molar-refractivity contribution is 5.85. The second-order valence-electron chi connectivity index (χ2n) is 4.39. The predicted molar refractivity (Wildman–Crippen MR) is 81.7 cm³/mol. The molecule has 1 aliphatic heterocycles. The van der Waals surface area contributed by atoms with Crippen molar-refractivity contribution in [1.82, 2.24) is 9.80 Å². The van der Waals surface area contributed by atoms with E-state index >= 15 is 0 Å². The molecular formula is C13H23Cl2N3. The molecule has 0 radical (unpaired) electrons. The third-order valence-corrected chi connectivity index (χ3v) is 3.16. The summed E-state index contributed by atoms with van der Waals surface area (Å²) in [5.74, 6) is 0. The van der Waals surface area contributed by atoms with Gasteiger partial charge >= 0.3 is 0 Å². The van der Waals surface area contributed by atoms with Crippen LogP contribution in [-0.2, 0) is 6.54 Å². The van der Waals surface area contributed by atoms with Gasteiger partial charge in [-0.2, -0.15) is 0 Å². The highest BCUT2D eigenvalue weighted by atomic mass is 35.5. The van der Waals surface area contributed by atoms with Crippen LogP contribution < -0.4 is 5.73 Å². The van der Waals surface area contributed by atoms with Gasteiger partial charge in [-0.1, -0.05) is 30.3 Å². The number of benzene rings is 1. The highest BCUT2D eigenvalue weighted by Gasteiger charge is 2.15. The van der Waals surface area contributed by atoms with Crippen molar-refractivity contribution in [3.63, 3.8) is 0 Å². The van der Waals surface area contributed by atoms with E-state index < -0.39 is 0 Å². The van der Waals surface area contributed by atoms with Gasteiger partial charge < -0.3 is 5.73 Å². The SMILES string of the molecule is Cl.Cl.NCCN1CCN(Cc2ccccc2)CC1. The van der Waals surface area contributed by atoms with Gasteiger partial charge in [0.05, 0.1) is 0 Å². The van der Waals surface area contributed by atoms with Crippen LogP contribution in [0.4, 0.5) is 0 Å². The first kappa shape index (κ1) is 17.7. The van der Waals surface area contributed by atoms with E-state index in [1.54, 1.807) is 0 Å². The maximum atomic E-state index is 5.56. The van der Waals surface area contributed by atoms with E-state index in [-0.39, 0.29) is 24.8 Å². The first-order chi connectivity index (χ1) is 7.88. The molecule has 0 saturated carbocycles. The van der Waals surface area contributed by atoms with Crippen LogP contribution in [0.3, 0.4) is 0 Å². The second kappa shape index (κ2) is 9.59. The van der Waals surface area contributed by atoms with E-state index in [0.717, 1.165) is 45.8 Å². The lowest BCUT2D eigenvalue weighted by Crippen LogP contribution is -2.47. The van der Waals surface area contributed by atoms with E-state index in [9.17, 15) is 0 Å². The van der Waals surface area contributed by atoms with Crippen molar-refractivity contribution in [1.29, 1.82) is 0 Å². The fourth-order valence-electron chi connectivity index (χ4n) is 2.20. The lowest BCUT2D eigenvalue weighted by Gasteiger charge is -2.34. The Kier molecular flexibility index (Phi) is 9.42. The fraction of sp³-hybridized carbons (Fsp3) is 0.538. The normalized spacial score (nSPS) is 16.7. The van der Waals surface area contributed by atoms with Crippen LogP contribution in [0.5, 0.6) is 0 Å². The van der Waals surface area contributed by atoms with Gasteiger partial charge in [0.15, 0.2) is 0 Å². The fourth-order valence-corrected chi connectivity index (χ4v) is 2.20. The quantitative estimate of drug-likeness (QED) is 0.915. The smallest absolute Gasteiger partial charge is 0.0234 e. The third kappa shape index (κ3) is 5.55. The maximum absolute atomic E-state index is 5.56. The van der Waals surface area contributed by atoms with Gasteiger partial charge in [0.2, 0.25) is 0 Å². The van der Waals surface area contributed by atoms with Crippen molar-refractivity contribution in [2.24, 2.45) is 5.73 Å². The Labute approximate surface area is 122 Å². The van der Waals surface area contributed by atoms with E-state index in [1.165, 1.54) is 5.56 Å². The van der Waals surface area contributed by atoms with Crippen LogP contribution in [0.25, 0.3) is 0 Å². The molecule has 0 atom stereocenters. The number of halogens is 2. The largest absolute Gasteiger partial charge is 0.329 e. The minimum atomic E-state index is 0. The summed E-state index contributed by atoms with van der Waals surface area (Å²) < 4.78 is 0. The molecular weight excluding hydrogens is 269 g/mol. The molecule has 2 N–H and O–H groups in total. The van der Waals surface area contributed by atoms with Crippen molar-refractivity contribution in [2.75, 3.05) is 39.3 Å². The lowest BCUT2D eigenvalue weighted by atomic mass is 10.2. The minimum absolute atomic E-state index is 0. The van der Waals surface area contributed by atoms with Crippen LogP contribution in [0.15, 0.2) is 30.3 Å². The molecule has 1 aliphatic rings. The van der Waals surface area contributed by atoms with E-state index in [1.807, 2.05) is 0 Å². The monoisotopic (exact) mass is 291 g/mol. The Morgan fingerprint density at radius 1 is 0.889 bits per heavy atom. The molecule has 0 amide bonds. The lowest BCUT2D eigenvalue weighted by molar-refractivity contribution is 0.130. The molecule has 0 bridgehead atoms. The van der Waals surface area contributed by atoms with Crippen molar-refractivity contribution in [2.45, 2.75) is 6.54 Å². The molecule has 5 heteroatoms. The van der Waals surface area contributed by atoms with Gasteiger partial charge in [0.1, 0.15) is 0 Å². The molecule has 1 fully saturated rings. The zero-order valence-electron chi connectivity index (χ0n) is 10.6. The summed E-state index contributed by atoms with van der Waals surface area (Å²) in [7, 11) is 0. The first-order valence-electron chi connectivity index (χ1n) is 6.07. The summed E-state index contributed by atoms with van der Waals surface area (Å²) in [5.41, 5.74) is 6.97. The second-order valence-corrected chi connectivity index (χ2v) is 4.39. The number of nitrogens with two attached hydrogens (primary N) is 1. The summed E-state index contributed by atoms with van der Waals surface area (Å²) in [5, 5.41) is 0. The minimum Gasteiger partial charge on any atom is -0.329 e. The van der Waals surface area contributed by atoms with Crippen molar-refractivity contribution in [3.05, 3.63) is 35.9 Å². The van der Waals surface area contributed by atoms with Crippen LogP contribution in [0, 0.1) is 0 Å². The van der Waals surface area contributed by atoms with Crippen LogP contribution >= 0.6 is 24.8 Å². The first-order valence-corrected chi connectivity index (χ1v) is 6.07. The standard InChI is InChI=1S/C13H21N3.2ClH/c14-6-7-15-8-10-16(11-9-15)12-13-4-2-1-3-5-13;;/h1-5H,6-12,14H2;2*1H. The molecule has 1 saturated heterocycles. The number of rotatable bonds is 4. The molecule has 1 aromatic carbocycles.